The number of piperazine rings is 1. The average Bonchev–Trinajstić information content (AvgIpc) is 2.35. The van der Waals surface area contributed by atoms with Gasteiger partial charge in [-0.15, -0.1) is 6.58 Å². The maximum Gasteiger partial charge on any atom is 0.0604 e. The lowest BCUT2D eigenvalue weighted by molar-refractivity contribution is 0.284. The van der Waals surface area contributed by atoms with E-state index in [9.17, 15) is 0 Å². The van der Waals surface area contributed by atoms with E-state index in [0.29, 0.717) is 0 Å². The molecule has 0 amide bonds. The molecule has 0 atom stereocenters. The van der Waals surface area contributed by atoms with Gasteiger partial charge >= 0.3 is 0 Å². The predicted octanol–water partition coefficient (Wildman–Crippen LogP) is 2.54. The topological polar surface area (TPSA) is 32.5 Å². The van der Waals surface area contributed by atoms with E-state index in [2.05, 4.69) is 22.4 Å². The van der Waals surface area contributed by atoms with Crippen molar-refractivity contribution in [3.8, 4) is 0 Å². The molecule has 0 spiro atoms. The highest BCUT2D eigenvalue weighted by molar-refractivity contribution is 6.31. The Hall–Kier alpha value is -1.19. The lowest BCUT2D eigenvalue weighted by Crippen LogP contribution is -2.46. The molecule has 3 nitrogen and oxygen atoms in total. The van der Waals surface area contributed by atoms with E-state index in [-0.39, 0.29) is 0 Å². The summed E-state index contributed by atoms with van der Waals surface area (Å²) >= 11 is 6.07. The van der Waals surface area contributed by atoms with Crippen LogP contribution >= 0.6 is 11.6 Å². The Labute approximate surface area is 114 Å². The summed E-state index contributed by atoms with van der Waals surface area (Å²) < 4.78 is 0. The number of anilines is 2. The number of nitrogen functional groups attached to an aromatic ring is 1. The van der Waals surface area contributed by atoms with Gasteiger partial charge in [0.15, 0.2) is 0 Å². The van der Waals surface area contributed by atoms with Crippen LogP contribution in [0.2, 0.25) is 5.02 Å². The van der Waals surface area contributed by atoms with E-state index in [1.165, 1.54) is 0 Å². The number of halogens is 1. The lowest BCUT2D eigenvalue weighted by Gasteiger charge is -2.36. The maximum atomic E-state index is 6.07. The molecule has 1 aliphatic rings. The molecule has 0 unspecified atom stereocenters. The second-order valence-electron chi connectivity index (χ2n) is 4.74. The Morgan fingerprint density at radius 1 is 1.33 bits per heavy atom. The minimum atomic E-state index is 0.738. The maximum absolute atomic E-state index is 6.07. The summed E-state index contributed by atoms with van der Waals surface area (Å²) in [6.45, 7) is 10.8. The Morgan fingerprint density at radius 3 is 2.61 bits per heavy atom. The molecule has 2 N–H and O–H groups in total. The van der Waals surface area contributed by atoms with E-state index < -0.39 is 0 Å². The van der Waals surface area contributed by atoms with Gasteiger partial charge in [-0.1, -0.05) is 17.7 Å². The van der Waals surface area contributed by atoms with Gasteiger partial charge in [0.2, 0.25) is 0 Å². The Balaban J connectivity index is 2.10. The first-order valence-corrected chi connectivity index (χ1v) is 6.63. The third-order valence-electron chi connectivity index (χ3n) is 3.41. The van der Waals surface area contributed by atoms with Crippen molar-refractivity contribution in [1.29, 1.82) is 0 Å². The van der Waals surface area contributed by atoms with E-state index in [1.807, 2.05) is 19.1 Å². The molecule has 2 rings (SSSR count). The van der Waals surface area contributed by atoms with Crippen LogP contribution < -0.4 is 10.6 Å². The molecule has 0 aromatic heterocycles. The molecule has 0 radical (unpaired) electrons. The van der Waals surface area contributed by atoms with Gasteiger partial charge in [0.25, 0.3) is 0 Å². The van der Waals surface area contributed by atoms with Gasteiger partial charge in [-0.05, 0) is 24.6 Å². The third-order valence-corrected chi connectivity index (χ3v) is 3.82. The van der Waals surface area contributed by atoms with Crippen LogP contribution in [-0.4, -0.2) is 37.6 Å². The van der Waals surface area contributed by atoms with Crippen LogP contribution in [0.4, 0.5) is 11.4 Å². The van der Waals surface area contributed by atoms with Crippen molar-refractivity contribution in [2.75, 3.05) is 43.4 Å². The molecule has 1 aromatic carbocycles. The van der Waals surface area contributed by atoms with Gasteiger partial charge in [0.1, 0.15) is 0 Å². The number of hydrogen-bond acceptors (Lipinski definition) is 3. The molecule has 1 aliphatic heterocycles. The summed E-state index contributed by atoms with van der Waals surface area (Å²) in [7, 11) is 0. The highest BCUT2D eigenvalue weighted by Crippen LogP contribution is 2.30. The number of aryl methyl sites for hydroxylation is 1. The monoisotopic (exact) mass is 265 g/mol. The number of hydrogen-bond donors (Lipinski definition) is 1. The van der Waals surface area contributed by atoms with Gasteiger partial charge in [-0.2, -0.15) is 0 Å². The van der Waals surface area contributed by atoms with Crippen LogP contribution in [0.1, 0.15) is 5.56 Å². The number of benzene rings is 1. The summed E-state index contributed by atoms with van der Waals surface area (Å²) in [6.07, 6.45) is 1.95. The zero-order valence-corrected chi connectivity index (χ0v) is 11.6. The van der Waals surface area contributed by atoms with E-state index in [1.54, 1.807) is 0 Å². The first-order chi connectivity index (χ1) is 8.61. The predicted molar refractivity (Wildman–Crippen MR) is 79.5 cm³/mol. The second-order valence-corrected chi connectivity index (χ2v) is 5.14. The fourth-order valence-corrected chi connectivity index (χ4v) is 2.48. The standard InChI is InChI=1S/C14H20ClN3/c1-3-4-17-5-7-18(8-6-17)14-9-11(2)12(15)10-13(14)16/h3,9-10H,1,4-8,16H2,2H3. The van der Waals surface area contributed by atoms with Crippen LogP contribution in [0.25, 0.3) is 0 Å². The molecule has 4 heteroatoms. The van der Waals surface area contributed by atoms with Crippen LogP contribution in [0.15, 0.2) is 24.8 Å². The van der Waals surface area contributed by atoms with Crippen LogP contribution in [0, 0.1) is 6.92 Å². The van der Waals surface area contributed by atoms with Gasteiger partial charge in [-0.3, -0.25) is 4.90 Å². The minimum Gasteiger partial charge on any atom is -0.397 e. The smallest absolute Gasteiger partial charge is 0.0604 e. The average molecular weight is 266 g/mol. The summed E-state index contributed by atoms with van der Waals surface area (Å²) in [4.78, 5) is 4.72. The second kappa shape index (κ2) is 5.63. The Morgan fingerprint density at radius 2 is 2.00 bits per heavy atom. The van der Waals surface area contributed by atoms with Crippen LogP contribution in [0.5, 0.6) is 0 Å². The molecule has 0 aliphatic carbocycles. The van der Waals surface area contributed by atoms with Gasteiger partial charge in [0, 0.05) is 37.7 Å². The van der Waals surface area contributed by atoms with E-state index >= 15 is 0 Å². The fourth-order valence-electron chi connectivity index (χ4n) is 2.31. The Kier molecular flexibility index (Phi) is 4.15. The first-order valence-electron chi connectivity index (χ1n) is 6.25. The number of nitrogens with zero attached hydrogens (tertiary/aromatic N) is 2. The van der Waals surface area contributed by atoms with Gasteiger partial charge in [-0.25, -0.2) is 0 Å². The van der Waals surface area contributed by atoms with E-state index in [4.69, 9.17) is 17.3 Å². The molecule has 1 fully saturated rings. The number of nitrogens with two attached hydrogens (primary N) is 1. The molecule has 18 heavy (non-hydrogen) atoms. The van der Waals surface area contributed by atoms with Gasteiger partial charge in [0.05, 0.1) is 11.4 Å². The first kappa shape index (κ1) is 13.2. The van der Waals surface area contributed by atoms with Crippen molar-refractivity contribution in [3.63, 3.8) is 0 Å². The van der Waals surface area contributed by atoms with Crippen molar-refractivity contribution in [3.05, 3.63) is 35.4 Å². The van der Waals surface area contributed by atoms with Crippen molar-refractivity contribution >= 4 is 23.0 Å². The third kappa shape index (κ3) is 2.79. The van der Waals surface area contributed by atoms with Crippen LogP contribution in [-0.2, 0) is 0 Å². The quantitative estimate of drug-likeness (QED) is 0.673. The zero-order valence-electron chi connectivity index (χ0n) is 10.8. The lowest BCUT2D eigenvalue weighted by atomic mass is 10.1. The molecular formula is C14H20ClN3. The number of rotatable bonds is 3. The van der Waals surface area contributed by atoms with Crippen molar-refractivity contribution in [2.24, 2.45) is 0 Å². The molecule has 1 saturated heterocycles. The molecule has 0 bridgehead atoms. The molecule has 1 aromatic rings. The molecule has 98 valence electrons. The highest BCUT2D eigenvalue weighted by atomic mass is 35.5. The molecular weight excluding hydrogens is 246 g/mol. The summed E-state index contributed by atoms with van der Waals surface area (Å²) in [6, 6.07) is 3.93. The Bertz CT molecular complexity index is 437. The minimum absolute atomic E-state index is 0.738. The highest BCUT2D eigenvalue weighted by Gasteiger charge is 2.18. The van der Waals surface area contributed by atoms with Crippen LogP contribution in [0.3, 0.4) is 0 Å². The van der Waals surface area contributed by atoms with Crippen molar-refractivity contribution < 1.29 is 0 Å². The SMILES string of the molecule is C=CCN1CCN(c2cc(C)c(Cl)cc2N)CC1. The summed E-state index contributed by atoms with van der Waals surface area (Å²) in [5.74, 6) is 0. The normalized spacial score (nSPS) is 16.9. The van der Waals surface area contributed by atoms with E-state index in [0.717, 1.165) is 54.7 Å². The van der Waals surface area contributed by atoms with Crippen molar-refractivity contribution in [2.45, 2.75) is 6.92 Å². The molecule has 0 saturated carbocycles. The summed E-state index contributed by atoms with van der Waals surface area (Å²) in [5, 5.41) is 0.738. The molecule has 1 heterocycles. The fraction of sp³-hybridized carbons (Fsp3) is 0.429. The van der Waals surface area contributed by atoms with Gasteiger partial charge < -0.3 is 10.6 Å². The zero-order chi connectivity index (χ0) is 13.1. The summed E-state index contributed by atoms with van der Waals surface area (Å²) in [5.41, 5.74) is 9.01. The largest absolute Gasteiger partial charge is 0.397 e. The van der Waals surface area contributed by atoms with Crippen molar-refractivity contribution in [1.82, 2.24) is 4.90 Å².